The largest absolute Gasteiger partial charge is 0.465 e. The molecule has 3 aromatic rings. The molecule has 17 heteroatoms. The Bertz CT molecular complexity index is 1740. The molecular formula is C32H41N6O10P. The molecule has 4 rings (SSSR count). The number of hydrogen-bond donors (Lipinski definition) is 2. The zero-order valence-electron chi connectivity index (χ0n) is 28.2. The second-order valence-electron chi connectivity index (χ2n) is 12.1. The maximum absolute atomic E-state index is 14.3. The number of carbonyl (C=O) groups excluding carboxylic acids is 3. The number of carbonyl (C=O) groups is 3. The first kappa shape index (κ1) is 37.3. The zero-order chi connectivity index (χ0) is 36.0. The van der Waals surface area contributed by atoms with Crippen molar-refractivity contribution in [2.75, 3.05) is 25.6 Å². The van der Waals surface area contributed by atoms with Gasteiger partial charge in [-0.05, 0) is 37.6 Å². The van der Waals surface area contributed by atoms with Crippen LogP contribution >= 0.6 is 7.75 Å². The van der Waals surface area contributed by atoms with E-state index in [0.29, 0.717) is 11.9 Å². The molecule has 1 saturated heterocycles. The van der Waals surface area contributed by atoms with Gasteiger partial charge in [-0.15, -0.1) is 0 Å². The fourth-order valence-electron chi connectivity index (χ4n) is 4.87. The summed E-state index contributed by atoms with van der Waals surface area (Å²) >= 11 is 0. The van der Waals surface area contributed by atoms with Gasteiger partial charge in [-0.25, -0.2) is 14.1 Å². The van der Waals surface area contributed by atoms with E-state index in [1.807, 2.05) is 13.0 Å². The smallest absolute Gasteiger partial charge is 0.459 e. The van der Waals surface area contributed by atoms with Gasteiger partial charge in [-0.3, -0.25) is 18.9 Å². The Morgan fingerprint density at radius 1 is 1.10 bits per heavy atom. The van der Waals surface area contributed by atoms with E-state index in [4.69, 9.17) is 33.7 Å². The summed E-state index contributed by atoms with van der Waals surface area (Å²) in [4.78, 5) is 43.2. The molecule has 3 heterocycles. The number of benzene rings is 1. The Morgan fingerprint density at radius 3 is 2.43 bits per heavy atom. The summed E-state index contributed by atoms with van der Waals surface area (Å²) in [6.45, 7) is 8.35. The number of nitriles is 1. The maximum Gasteiger partial charge on any atom is 0.459 e. The molecule has 0 aliphatic carbocycles. The van der Waals surface area contributed by atoms with Gasteiger partial charge in [0.1, 0.15) is 36.3 Å². The van der Waals surface area contributed by atoms with Crippen molar-refractivity contribution in [1.29, 1.82) is 5.26 Å². The number of para-hydroxylation sites is 1. The van der Waals surface area contributed by atoms with Crippen molar-refractivity contribution in [1.82, 2.24) is 19.7 Å². The van der Waals surface area contributed by atoms with Crippen molar-refractivity contribution in [3.8, 4) is 11.8 Å². The molecule has 49 heavy (non-hydrogen) atoms. The van der Waals surface area contributed by atoms with Gasteiger partial charge in [0.25, 0.3) is 0 Å². The molecule has 1 aliphatic heterocycles. The number of nitrogen functional groups attached to an aromatic ring is 1. The maximum atomic E-state index is 14.3. The van der Waals surface area contributed by atoms with Crippen molar-refractivity contribution < 1.29 is 46.9 Å². The van der Waals surface area contributed by atoms with Gasteiger partial charge >= 0.3 is 25.7 Å². The van der Waals surface area contributed by atoms with Crippen molar-refractivity contribution in [2.24, 2.45) is 11.8 Å². The van der Waals surface area contributed by atoms with Gasteiger partial charge in [0.15, 0.2) is 11.9 Å². The first-order valence-electron chi connectivity index (χ1n) is 15.7. The third kappa shape index (κ3) is 8.02. The Hall–Kier alpha value is -4.55. The molecular weight excluding hydrogens is 659 g/mol. The molecule has 1 aromatic carbocycles. The van der Waals surface area contributed by atoms with E-state index >= 15 is 0 Å². The molecule has 0 saturated carbocycles. The lowest BCUT2D eigenvalue weighted by Crippen LogP contribution is -2.55. The van der Waals surface area contributed by atoms with Crippen LogP contribution in [0.5, 0.6) is 5.75 Å². The number of aromatic nitrogens is 3. The van der Waals surface area contributed by atoms with Crippen LogP contribution in [0.2, 0.25) is 0 Å². The summed E-state index contributed by atoms with van der Waals surface area (Å²) in [6.07, 6.45) is 0.0315. The van der Waals surface area contributed by atoms with Gasteiger partial charge in [0, 0.05) is 0 Å². The molecule has 0 spiro atoms. The van der Waals surface area contributed by atoms with Gasteiger partial charge in [-0.2, -0.15) is 15.4 Å². The highest BCUT2D eigenvalue weighted by Gasteiger charge is 2.67. The molecule has 1 aliphatic rings. The highest BCUT2D eigenvalue weighted by molar-refractivity contribution is 7.52. The van der Waals surface area contributed by atoms with Gasteiger partial charge in [0.2, 0.25) is 11.2 Å². The van der Waals surface area contributed by atoms with Crippen LogP contribution in [0.25, 0.3) is 5.52 Å². The lowest BCUT2D eigenvalue weighted by molar-refractivity contribution is -0.191. The Balaban J connectivity index is 1.82. The van der Waals surface area contributed by atoms with Gasteiger partial charge < -0.3 is 29.2 Å². The quantitative estimate of drug-likeness (QED) is 0.131. The molecule has 0 radical (unpaired) electrons. The minimum absolute atomic E-state index is 0.104. The van der Waals surface area contributed by atoms with Crippen molar-refractivity contribution >= 4 is 37.0 Å². The number of nitrogens with one attached hydrogen (secondary N) is 1. The van der Waals surface area contributed by atoms with Crippen LogP contribution in [-0.4, -0.2) is 70.1 Å². The fourth-order valence-corrected chi connectivity index (χ4v) is 6.39. The number of anilines is 1. The normalized spacial score (nSPS) is 22.3. The molecule has 16 nitrogen and oxygen atoms in total. The van der Waals surface area contributed by atoms with E-state index in [2.05, 4.69) is 15.2 Å². The molecule has 0 unspecified atom stereocenters. The first-order chi connectivity index (χ1) is 23.2. The number of hydrogen-bond acceptors (Lipinski definition) is 14. The lowest BCUT2D eigenvalue weighted by Gasteiger charge is -2.37. The standard InChI is InChI=1S/C32H41N6O10P/c1-7-15-43-29(41)22(6)37-49(42,48-23-11-9-8-10-12-23)45-17-31(16-33)30(46-27(39)20(2)3)32(18-44-31,47-28(40)21(4)5)25-14-13-24-26(34)35-19-36-38(24)25/h8-14,19-22,30H,7,15,17-18H2,1-6H3,(H,37,42)(H2,34,35,36)/t22-,30+,31+,32-,49-/m0/s1. The fraction of sp³-hybridized carbons (Fsp3) is 0.500. The van der Waals surface area contributed by atoms with E-state index in [1.54, 1.807) is 52.0 Å². The number of esters is 3. The first-order valence-corrected chi connectivity index (χ1v) is 17.3. The summed E-state index contributed by atoms with van der Waals surface area (Å²) in [5.74, 6) is -3.32. The topological polar surface area (TPSA) is 216 Å². The van der Waals surface area contributed by atoms with E-state index in [1.165, 1.54) is 36.0 Å². The molecule has 3 N–H and O–H groups in total. The van der Waals surface area contributed by atoms with E-state index in [-0.39, 0.29) is 23.9 Å². The van der Waals surface area contributed by atoms with E-state index in [0.717, 1.165) is 0 Å². The number of rotatable bonds is 15. The molecule has 2 aromatic heterocycles. The summed E-state index contributed by atoms with van der Waals surface area (Å²) in [7, 11) is -4.53. The monoisotopic (exact) mass is 700 g/mol. The minimum Gasteiger partial charge on any atom is -0.465 e. The van der Waals surface area contributed by atoms with Crippen LogP contribution in [0.4, 0.5) is 5.82 Å². The zero-order valence-corrected chi connectivity index (χ0v) is 29.0. The Morgan fingerprint density at radius 2 is 1.80 bits per heavy atom. The predicted molar refractivity (Wildman–Crippen MR) is 173 cm³/mol. The highest BCUT2D eigenvalue weighted by atomic mass is 31.2. The molecule has 264 valence electrons. The third-order valence-corrected chi connectivity index (χ3v) is 9.15. The van der Waals surface area contributed by atoms with Crippen LogP contribution < -0.4 is 15.3 Å². The molecule has 0 amide bonds. The number of fused-ring (bicyclic) bond motifs is 1. The van der Waals surface area contributed by atoms with E-state index in [9.17, 15) is 24.2 Å². The van der Waals surface area contributed by atoms with Crippen LogP contribution in [0.1, 0.15) is 53.7 Å². The van der Waals surface area contributed by atoms with Crippen molar-refractivity contribution in [3.05, 3.63) is 54.5 Å². The van der Waals surface area contributed by atoms with Crippen LogP contribution in [0.15, 0.2) is 48.8 Å². The van der Waals surface area contributed by atoms with Crippen molar-refractivity contribution in [2.45, 2.75) is 71.3 Å². The Kier molecular flexibility index (Phi) is 11.7. The van der Waals surface area contributed by atoms with Crippen LogP contribution in [0.3, 0.4) is 0 Å². The average molecular weight is 701 g/mol. The Labute approximate surface area is 283 Å². The number of nitrogens with zero attached hydrogens (tertiary/aromatic N) is 4. The minimum atomic E-state index is -4.53. The van der Waals surface area contributed by atoms with Gasteiger partial charge in [-0.1, -0.05) is 52.8 Å². The van der Waals surface area contributed by atoms with Gasteiger partial charge in [0.05, 0.1) is 30.7 Å². The highest BCUT2D eigenvalue weighted by Crippen LogP contribution is 2.51. The molecule has 5 atom stereocenters. The van der Waals surface area contributed by atoms with Crippen molar-refractivity contribution in [3.63, 3.8) is 0 Å². The molecule has 0 bridgehead atoms. The summed E-state index contributed by atoms with van der Waals surface area (Å²) < 4.78 is 50.7. The summed E-state index contributed by atoms with van der Waals surface area (Å²) in [6, 6.07) is 11.9. The SMILES string of the molecule is CCCOC(=O)[C@H](C)N[P@](=O)(OC[C@@]1(C#N)OC[C@](OC(=O)C(C)C)(c2ccc3c(N)ncnn23)[C@@H]1OC(=O)C(C)C)Oc1ccccc1. The third-order valence-electron chi connectivity index (χ3n) is 7.53. The second kappa shape index (κ2) is 15.3. The number of nitrogens with two attached hydrogens (primary N) is 1. The second-order valence-corrected chi connectivity index (χ2v) is 13.8. The average Bonchev–Trinajstić information content (AvgIpc) is 3.64. The summed E-state index contributed by atoms with van der Waals surface area (Å²) in [5.41, 5.74) is 2.33. The predicted octanol–water partition coefficient (Wildman–Crippen LogP) is 3.70. The lowest BCUT2D eigenvalue weighted by atomic mass is 9.85. The summed E-state index contributed by atoms with van der Waals surface area (Å²) in [5, 5.41) is 17.6. The number of ether oxygens (including phenoxy) is 4. The van der Waals surface area contributed by atoms with E-state index < -0.39 is 74.1 Å². The van der Waals surface area contributed by atoms with Crippen LogP contribution in [-0.2, 0) is 48.0 Å². The van der Waals surface area contributed by atoms with Crippen LogP contribution in [0, 0.1) is 23.2 Å². The molecule has 1 fully saturated rings.